The van der Waals surface area contributed by atoms with Crippen LogP contribution in [0.1, 0.15) is 38.7 Å². The molecule has 3 nitrogen and oxygen atoms in total. The summed E-state index contributed by atoms with van der Waals surface area (Å²) in [4.78, 5) is 10.6. The summed E-state index contributed by atoms with van der Waals surface area (Å²) >= 11 is 3.32. The molecule has 0 saturated heterocycles. The van der Waals surface area contributed by atoms with Crippen molar-refractivity contribution in [3.05, 3.63) is 34.1 Å². The number of nitrogens with one attached hydrogen (secondary N) is 1. The van der Waals surface area contributed by atoms with Gasteiger partial charge in [0.05, 0.1) is 0 Å². The number of rotatable bonds is 8. The Hall–Kier alpha value is -0.940. The first-order valence-electron chi connectivity index (χ1n) is 6.67. The van der Waals surface area contributed by atoms with Crippen LogP contribution in [0.25, 0.3) is 0 Å². The fourth-order valence-corrected chi connectivity index (χ4v) is 2.31. The Morgan fingerprint density at radius 2 is 2.10 bits per heavy atom. The SMILES string of the molecule is CC(C)(CCNCc1cc(Br)ccc1F)CCC(=O)O. The van der Waals surface area contributed by atoms with E-state index in [9.17, 15) is 9.18 Å². The molecular formula is C15H21BrFNO2. The van der Waals surface area contributed by atoms with E-state index >= 15 is 0 Å². The normalized spacial score (nSPS) is 11.6. The molecule has 0 aliphatic carbocycles. The van der Waals surface area contributed by atoms with Gasteiger partial charge in [0.25, 0.3) is 0 Å². The molecule has 0 atom stereocenters. The van der Waals surface area contributed by atoms with E-state index in [0.717, 1.165) is 17.4 Å². The van der Waals surface area contributed by atoms with E-state index in [0.29, 0.717) is 18.5 Å². The van der Waals surface area contributed by atoms with Gasteiger partial charge in [-0.1, -0.05) is 29.8 Å². The molecule has 20 heavy (non-hydrogen) atoms. The third-order valence-corrected chi connectivity index (χ3v) is 3.81. The Bertz CT molecular complexity index is 463. The largest absolute Gasteiger partial charge is 0.481 e. The zero-order chi connectivity index (χ0) is 15.2. The molecule has 2 N–H and O–H groups in total. The van der Waals surface area contributed by atoms with Crippen LogP contribution in [-0.2, 0) is 11.3 Å². The van der Waals surface area contributed by atoms with Crippen molar-refractivity contribution in [2.45, 2.75) is 39.7 Å². The van der Waals surface area contributed by atoms with Crippen molar-refractivity contribution in [1.82, 2.24) is 5.32 Å². The van der Waals surface area contributed by atoms with Gasteiger partial charge in [-0.3, -0.25) is 4.79 Å². The second-order valence-electron chi connectivity index (χ2n) is 5.72. The van der Waals surface area contributed by atoms with Crippen molar-refractivity contribution in [2.75, 3.05) is 6.54 Å². The first-order chi connectivity index (χ1) is 9.30. The van der Waals surface area contributed by atoms with Gasteiger partial charge < -0.3 is 10.4 Å². The molecule has 0 saturated carbocycles. The van der Waals surface area contributed by atoms with Gasteiger partial charge in [0.15, 0.2) is 0 Å². The third kappa shape index (κ3) is 6.48. The van der Waals surface area contributed by atoms with E-state index in [1.165, 1.54) is 6.07 Å². The highest BCUT2D eigenvalue weighted by molar-refractivity contribution is 9.10. The second-order valence-corrected chi connectivity index (χ2v) is 6.64. The van der Waals surface area contributed by atoms with Crippen LogP contribution < -0.4 is 5.32 Å². The summed E-state index contributed by atoms with van der Waals surface area (Å²) < 4.78 is 14.4. The molecule has 0 radical (unpaired) electrons. The lowest BCUT2D eigenvalue weighted by molar-refractivity contribution is -0.137. The first-order valence-corrected chi connectivity index (χ1v) is 7.46. The zero-order valence-electron chi connectivity index (χ0n) is 11.9. The molecular weight excluding hydrogens is 325 g/mol. The molecule has 0 aliphatic rings. The Kier molecular flexibility index (Phi) is 6.62. The molecule has 0 aromatic heterocycles. The highest BCUT2D eigenvalue weighted by atomic mass is 79.9. The maximum atomic E-state index is 13.5. The number of carboxylic acids is 1. The first kappa shape index (κ1) is 17.1. The monoisotopic (exact) mass is 345 g/mol. The summed E-state index contributed by atoms with van der Waals surface area (Å²) in [7, 11) is 0. The van der Waals surface area contributed by atoms with Crippen molar-refractivity contribution >= 4 is 21.9 Å². The predicted octanol–water partition coefficient (Wildman–Crippen LogP) is 3.96. The molecule has 0 amide bonds. The molecule has 1 aromatic rings. The fraction of sp³-hybridized carbons (Fsp3) is 0.533. The van der Waals surface area contributed by atoms with Crippen LogP contribution in [-0.4, -0.2) is 17.6 Å². The van der Waals surface area contributed by atoms with Crippen molar-refractivity contribution in [2.24, 2.45) is 5.41 Å². The van der Waals surface area contributed by atoms with E-state index in [1.807, 2.05) is 0 Å². The van der Waals surface area contributed by atoms with Gasteiger partial charge in [0, 0.05) is 23.0 Å². The highest BCUT2D eigenvalue weighted by Gasteiger charge is 2.18. The maximum absolute atomic E-state index is 13.5. The summed E-state index contributed by atoms with van der Waals surface area (Å²) in [6.07, 6.45) is 1.69. The number of halogens is 2. The third-order valence-electron chi connectivity index (χ3n) is 3.32. The molecule has 112 valence electrons. The lowest BCUT2D eigenvalue weighted by atomic mass is 9.84. The number of aliphatic carboxylic acids is 1. The lowest BCUT2D eigenvalue weighted by Gasteiger charge is -2.23. The minimum atomic E-state index is -0.762. The zero-order valence-corrected chi connectivity index (χ0v) is 13.5. The van der Waals surface area contributed by atoms with E-state index in [2.05, 4.69) is 35.1 Å². The molecule has 0 heterocycles. The van der Waals surface area contributed by atoms with Crippen LogP contribution in [0.5, 0.6) is 0 Å². The van der Waals surface area contributed by atoms with Crippen molar-refractivity contribution < 1.29 is 14.3 Å². The minimum Gasteiger partial charge on any atom is -0.481 e. The summed E-state index contributed by atoms with van der Waals surface area (Å²) in [6, 6.07) is 4.88. The van der Waals surface area contributed by atoms with Crippen molar-refractivity contribution in [1.29, 1.82) is 0 Å². The number of benzene rings is 1. The van der Waals surface area contributed by atoms with E-state index in [1.54, 1.807) is 12.1 Å². The van der Waals surface area contributed by atoms with Crippen LogP contribution in [0.4, 0.5) is 4.39 Å². The van der Waals surface area contributed by atoms with Gasteiger partial charge in [-0.05, 0) is 43.0 Å². The second kappa shape index (κ2) is 7.74. The van der Waals surface area contributed by atoms with Gasteiger partial charge in [0.1, 0.15) is 5.82 Å². The van der Waals surface area contributed by atoms with Crippen molar-refractivity contribution in [3.8, 4) is 0 Å². The summed E-state index contributed by atoms with van der Waals surface area (Å²) in [5.74, 6) is -0.979. The Labute approximate surface area is 127 Å². The van der Waals surface area contributed by atoms with Crippen LogP contribution >= 0.6 is 15.9 Å². The van der Waals surface area contributed by atoms with E-state index in [4.69, 9.17) is 5.11 Å². The van der Waals surface area contributed by atoms with Crippen LogP contribution in [0, 0.1) is 11.2 Å². The molecule has 1 aromatic carbocycles. The number of carbonyl (C=O) groups is 1. The Balaban J connectivity index is 2.34. The smallest absolute Gasteiger partial charge is 0.303 e. The maximum Gasteiger partial charge on any atom is 0.303 e. The summed E-state index contributed by atoms with van der Waals surface area (Å²) in [5.41, 5.74) is 0.601. The van der Waals surface area contributed by atoms with Gasteiger partial charge in [0.2, 0.25) is 0 Å². The van der Waals surface area contributed by atoms with Crippen LogP contribution in [0.15, 0.2) is 22.7 Å². The summed E-state index contributed by atoms with van der Waals surface area (Å²) in [6.45, 7) is 5.31. The average Bonchev–Trinajstić information content (AvgIpc) is 2.36. The van der Waals surface area contributed by atoms with Gasteiger partial charge in [-0.25, -0.2) is 4.39 Å². The molecule has 1 rings (SSSR count). The highest BCUT2D eigenvalue weighted by Crippen LogP contribution is 2.26. The van der Waals surface area contributed by atoms with E-state index in [-0.39, 0.29) is 17.7 Å². The quantitative estimate of drug-likeness (QED) is 0.701. The van der Waals surface area contributed by atoms with Crippen LogP contribution in [0.3, 0.4) is 0 Å². The fourth-order valence-electron chi connectivity index (χ4n) is 1.90. The predicted molar refractivity (Wildman–Crippen MR) is 81.1 cm³/mol. The summed E-state index contributed by atoms with van der Waals surface area (Å²) in [5, 5.41) is 11.9. The molecule has 0 aliphatic heterocycles. The molecule has 0 bridgehead atoms. The molecule has 0 unspecified atom stereocenters. The number of carboxylic acid groups (broad SMARTS) is 1. The van der Waals surface area contributed by atoms with Gasteiger partial charge in [-0.15, -0.1) is 0 Å². The molecule has 0 fully saturated rings. The van der Waals surface area contributed by atoms with Gasteiger partial charge >= 0.3 is 5.97 Å². The Morgan fingerprint density at radius 1 is 1.40 bits per heavy atom. The topological polar surface area (TPSA) is 49.3 Å². The van der Waals surface area contributed by atoms with Crippen LogP contribution in [0.2, 0.25) is 0 Å². The number of hydrogen-bond acceptors (Lipinski definition) is 2. The minimum absolute atomic E-state index is 0.0266. The van der Waals surface area contributed by atoms with E-state index < -0.39 is 5.97 Å². The standard InChI is InChI=1S/C15H21BrFNO2/c1-15(2,6-5-14(19)20)7-8-18-10-11-9-12(16)3-4-13(11)17/h3-4,9,18H,5-8,10H2,1-2H3,(H,19,20). The number of hydrogen-bond donors (Lipinski definition) is 2. The molecule has 5 heteroatoms. The average molecular weight is 346 g/mol. The lowest BCUT2D eigenvalue weighted by Crippen LogP contribution is -2.23. The van der Waals surface area contributed by atoms with Gasteiger partial charge in [-0.2, -0.15) is 0 Å². The van der Waals surface area contributed by atoms with Crippen molar-refractivity contribution in [3.63, 3.8) is 0 Å². The Morgan fingerprint density at radius 3 is 2.75 bits per heavy atom. The molecule has 0 spiro atoms.